The number of halogens is 2. The molecule has 0 spiro atoms. The summed E-state index contributed by atoms with van der Waals surface area (Å²) in [6, 6.07) is 6.98. The Hall–Kier alpha value is -1.05. The van der Waals surface area contributed by atoms with Gasteiger partial charge >= 0.3 is 0 Å². The van der Waals surface area contributed by atoms with Gasteiger partial charge in [0.15, 0.2) is 0 Å². The van der Waals surface area contributed by atoms with Crippen LogP contribution in [0.1, 0.15) is 9.67 Å². The van der Waals surface area contributed by atoms with Crippen LogP contribution in [0.25, 0.3) is 0 Å². The third-order valence-electron chi connectivity index (χ3n) is 2.48. The Balaban J connectivity index is 2.22. The predicted molar refractivity (Wildman–Crippen MR) is 87.2 cm³/mol. The molecule has 20 heavy (non-hydrogen) atoms. The Morgan fingerprint density at radius 1 is 1.10 bits per heavy atom. The van der Waals surface area contributed by atoms with Gasteiger partial charge in [-0.3, -0.25) is 4.79 Å². The van der Waals surface area contributed by atoms with Gasteiger partial charge in [0.05, 0.1) is 22.9 Å². The smallest absolute Gasteiger partial charge is 0.265 e. The second-order valence-electron chi connectivity index (χ2n) is 3.79. The molecule has 1 N–H and O–H groups in total. The van der Waals surface area contributed by atoms with Gasteiger partial charge in [0, 0.05) is 28.4 Å². The van der Waals surface area contributed by atoms with Crippen LogP contribution in [0.2, 0.25) is 0 Å². The molecule has 4 nitrogen and oxygen atoms in total. The molecule has 106 valence electrons. The third-order valence-corrected chi connectivity index (χ3v) is 5.73. The minimum atomic E-state index is -0.184. The molecule has 0 bridgehead atoms. The summed E-state index contributed by atoms with van der Waals surface area (Å²) in [5.74, 6) is 1.05. The van der Waals surface area contributed by atoms with Gasteiger partial charge in [-0.05, 0) is 37.9 Å². The predicted octanol–water partition coefficient (Wildman–Crippen LogP) is 4.54. The molecular weight excluding hydrogens is 410 g/mol. The van der Waals surface area contributed by atoms with Gasteiger partial charge in [-0.1, -0.05) is 0 Å². The molecule has 1 heterocycles. The van der Waals surface area contributed by atoms with Gasteiger partial charge in [0.1, 0.15) is 11.5 Å². The fourth-order valence-electron chi connectivity index (χ4n) is 1.53. The molecule has 1 aromatic heterocycles. The summed E-state index contributed by atoms with van der Waals surface area (Å²) < 4.78 is 12.1. The molecule has 0 radical (unpaired) electrons. The minimum Gasteiger partial charge on any atom is -0.497 e. The number of hydrogen-bond acceptors (Lipinski definition) is 4. The van der Waals surface area contributed by atoms with Crippen molar-refractivity contribution in [2.24, 2.45) is 0 Å². The Bertz CT molecular complexity index is 601. The summed E-state index contributed by atoms with van der Waals surface area (Å²) in [6.07, 6.45) is 0. The molecule has 0 fully saturated rings. The van der Waals surface area contributed by atoms with Gasteiger partial charge in [0.2, 0.25) is 0 Å². The van der Waals surface area contributed by atoms with E-state index in [0.717, 1.165) is 8.26 Å². The largest absolute Gasteiger partial charge is 0.497 e. The van der Waals surface area contributed by atoms with E-state index < -0.39 is 0 Å². The molecule has 0 saturated heterocycles. The maximum atomic E-state index is 12.2. The Labute approximate surface area is 137 Å². The minimum absolute atomic E-state index is 0.184. The average molecular weight is 421 g/mol. The number of anilines is 1. The van der Waals surface area contributed by atoms with Crippen molar-refractivity contribution in [1.29, 1.82) is 0 Å². The quantitative estimate of drug-likeness (QED) is 0.789. The number of thiophene rings is 1. The maximum Gasteiger partial charge on any atom is 0.265 e. The van der Waals surface area contributed by atoms with Crippen molar-refractivity contribution < 1.29 is 14.3 Å². The van der Waals surface area contributed by atoms with Gasteiger partial charge in [-0.2, -0.15) is 0 Å². The number of nitrogens with one attached hydrogen (secondary N) is 1. The molecule has 0 aliphatic heterocycles. The summed E-state index contributed by atoms with van der Waals surface area (Å²) in [5, 5.41) is 2.82. The van der Waals surface area contributed by atoms with Crippen LogP contribution in [-0.2, 0) is 0 Å². The zero-order valence-corrected chi connectivity index (χ0v) is 14.7. The summed E-state index contributed by atoms with van der Waals surface area (Å²) >= 11 is 8.08. The van der Waals surface area contributed by atoms with Crippen molar-refractivity contribution in [3.8, 4) is 11.5 Å². The number of carbonyl (C=O) groups excluding carboxylic acids is 1. The van der Waals surface area contributed by atoms with Crippen LogP contribution < -0.4 is 14.8 Å². The number of carbonyl (C=O) groups is 1. The summed E-state index contributed by atoms with van der Waals surface area (Å²) in [7, 11) is 3.13. The monoisotopic (exact) mass is 419 g/mol. The first kappa shape index (κ1) is 15.3. The summed E-state index contributed by atoms with van der Waals surface area (Å²) in [4.78, 5) is 12.8. The zero-order valence-electron chi connectivity index (χ0n) is 10.7. The molecule has 2 rings (SSSR count). The molecule has 7 heteroatoms. The zero-order chi connectivity index (χ0) is 14.7. The average Bonchev–Trinajstić information content (AvgIpc) is 2.78. The number of amides is 1. The van der Waals surface area contributed by atoms with Crippen LogP contribution >= 0.6 is 43.2 Å². The molecule has 1 aromatic carbocycles. The highest BCUT2D eigenvalue weighted by molar-refractivity contribution is 9.13. The lowest BCUT2D eigenvalue weighted by Crippen LogP contribution is -2.10. The van der Waals surface area contributed by atoms with Gasteiger partial charge in [-0.25, -0.2) is 0 Å². The van der Waals surface area contributed by atoms with Crippen molar-refractivity contribution in [3.63, 3.8) is 0 Å². The van der Waals surface area contributed by atoms with E-state index in [0.29, 0.717) is 22.1 Å². The first-order valence-electron chi connectivity index (χ1n) is 5.52. The molecule has 0 saturated carbocycles. The normalized spacial score (nSPS) is 10.2. The third kappa shape index (κ3) is 3.53. The second-order valence-corrected chi connectivity index (χ2v) is 7.01. The molecule has 2 aromatic rings. The van der Waals surface area contributed by atoms with Crippen molar-refractivity contribution >= 4 is 54.8 Å². The van der Waals surface area contributed by atoms with E-state index in [9.17, 15) is 4.79 Å². The first-order valence-corrected chi connectivity index (χ1v) is 7.93. The van der Waals surface area contributed by atoms with Gasteiger partial charge < -0.3 is 14.8 Å². The van der Waals surface area contributed by atoms with E-state index in [2.05, 4.69) is 37.2 Å². The van der Waals surface area contributed by atoms with Crippen LogP contribution in [0.3, 0.4) is 0 Å². The van der Waals surface area contributed by atoms with Crippen molar-refractivity contribution in [2.45, 2.75) is 0 Å². The lowest BCUT2D eigenvalue weighted by molar-refractivity contribution is 0.103. The van der Waals surface area contributed by atoms with Crippen molar-refractivity contribution in [3.05, 3.63) is 37.4 Å². The van der Waals surface area contributed by atoms with Gasteiger partial charge in [0.25, 0.3) is 5.91 Å². The Morgan fingerprint density at radius 2 is 1.70 bits per heavy atom. The van der Waals surface area contributed by atoms with Crippen LogP contribution in [-0.4, -0.2) is 20.1 Å². The highest BCUT2D eigenvalue weighted by atomic mass is 79.9. The highest BCUT2D eigenvalue weighted by Gasteiger charge is 2.13. The van der Waals surface area contributed by atoms with E-state index >= 15 is 0 Å². The first-order chi connectivity index (χ1) is 9.53. The second kappa shape index (κ2) is 6.60. The van der Waals surface area contributed by atoms with E-state index in [1.54, 1.807) is 38.5 Å². The SMILES string of the molecule is COc1cc(NC(=O)c2cc(Br)c(Br)s2)cc(OC)c1. The van der Waals surface area contributed by atoms with E-state index in [1.807, 2.05) is 0 Å². The number of hydrogen-bond donors (Lipinski definition) is 1. The lowest BCUT2D eigenvalue weighted by Gasteiger charge is -2.09. The molecule has 0 aliphatic carbocycles. The van der Waals surface area contributed by atoms with Gasteiger partial charge in [-0.15, -0.1) is 11.3 Å². The molecule has 0 unspecified atom stereocenters. The standard InChI is InChI=1S/C13H11Br2NO3S/c1-18-8-3-7(4-9(5-8)19-2)16-13(17)11-6-10(14)12(15)20-11/h3-6H,1-2H3,(H,16,17). The Morgan fingerprint density at radius 3 is 2.15 bits per heavy atom. The molecule has 0 atom stereocenters. The van der Waals surface area contributed by atoms with Crippen LogP contribution in [0.4, 0.5) is 5.69 Å². The highest BCUT2D eigenvalue weighted by Crippen LogP contribution is 2.33. The Kier molecular flexibility index (Phi) is 5.06. The number of benzene rings is 1. The number of methoxy groups -OCH3 is 2. The number of rotatable bonds is 4. The van der Waals surface area contributed by atoms with E-state index in [-0.39, 0.29) is 5.91 Å². The van der Waals surface area contributed by atoms with E-state index in [1.165, 1.54) is 11.3 Å². The molecular formula is C13H11Br2NO3S. The van der Waals surface area contributed by atoms with Crippen LogP contribution in [0.5, 0.6) is 11.5 Å². The van der Waals surface area contributed by atoms with Crippen LogP contribution in [0, 0.1) is 0 Å². The van der Waals surface area contributed by atoms with Crippen molar-refractivity contribution in [2.75, 3.05) is 19.5 Å². The van der Waals surface area contributed by atoms with Crippen LogP contribution in [0.15, 0.2) is 32.5 Å². The molecule has 0 aliphatic rings. The van der Waals surface area contributed by atoms with Crippen molar-refractivity contribution in [1.82, 2.24) is 0 Å². The summed E-state index contributed by atoms with van der Waals surface area (Å²) in [6.45, 7) is 0. The topological polar surface area (TPSA) is 47.6 Å². The fourth-order valence-corrected chi connectivity index (χ4v) is 3.46. The number of ether oxygens (including phenoxy) is 2. The summed E-state index contributed by atoms with van der Waals surface area (Å²) in [5.41, 5.74) is 0.617. The van der Waals surface area contributed by atoms with E-state index in [4.69, 9.17) is 9.47 Å². The fraction of sp³-hybridized carbons (Fsp3) is 0.154. The lowest BCUT2D eigenvalue weighted by atomic mass is 10.2. The maximum absolute atomic E-state index is 12.2. The molecule has 1 amide bonds.